The van der Waals surface area contributed by atoms with Crippen molar-refractivity contribution in [3.8, 4) is 11.1 Å². The molecule has 6 nitrogen and oxygen atoms in total. The summed E-state index contributed by atoms with van der Waals surface area (Å²) < 4.78 is 10.9. The molecule has 0 N–H and O–H groups in total. The third kappa shape index (κ3) is 4.00. The number of ketones is 1. The maximum atomic E-state index is 13.3. The molecule has 0 atom stereocenters. The first kappa shape index (κ1) is 19.7. The van der Waals surface area contributed by atoms with E-state index in [0.29, 0.717) is 31.3 Å². The van der Waals surface area contributed by atoms with Gasteiger partial charge in [-0.3, -0.25) is 4.79 Å². The summed E-state index contributed by atoms with van der Waals surface area (Å²) in [6.07, 6.45) is 1.72. The van der Waals surface area contributed by atoms with Crippen LogP contribution in [0.1, 0.15) is 14.5 Å². The summed E-state index contributed by atoms with van der Waals surface area (Å²) in [6.45, 7) is 6.17. The minimum Gasteiger partial charge on any atom is -0.378 e. The predicted molar refractivity (Wildman–Crippen MR) is 121 cm³/mol. The van der Waals surface area contributed by atoms with Gasteiger partial charge in [0, 0.05) is 31.7 Å². The Morgan fingerprint density at radius 1 is 0.867 bits per heavy atom. The fourth-order valence-corrected chi connectivity index (χ4v) is 5.88. The highest BCUT2D eigenvalue weighted by molar-refractivity contribution is 7.21. The second kappa shape index (κ2) is 8.85. The summed E-state index contributed by atoms with van der Waals surface area (Å²) in [5.74, 6) is 0.0497. The molecule has 0 saturated carbocycles. The molecule has 2 aliphatic heterocycles. The highest BCUT2D eigenvalue weighted by Crippen LogP contribution is 2.40. The van der Waals surface area contributed by atoms with E-state index in [1.807, 2.05) is 24.3 Å². The molecule has 1 aromatic carbocycles. The number of benzene rings is 1. The Hall–Kier alpha value is -2.26. The fraction of sp³-hybridized carbons (Fsp3) is 0.364. The second-order valence-corrected chi connectivity index (χ2v) is 9.27. The van der Waals surface area contributed by atoms with Gasteiger partial charge in [0.1, 0.15) is 0 Å². The molecular weight excluding hydrogens is 418 g/mol. The lowest BCUT2D eigenvalue weighted by Gasteiger charge is -2.28. The van der Waals surface area contributed by atoms with Gasteiger partial charge in [-0.05, 0) is 11.6 Å². The number of ether oxygens (including phenoxy) is 2. The van der Waals surface area contributed by atoms with E-state index in [4.69, 9.17) is 9.47 Å². The topological polar surface area (TPSA) is 54.9 Å². The summed E-state index contributed by atoms with van der Waals surface area (Å²) in [5, 5.41) is 2.04. The highest BCUT2D eigenvalue weighted by atomic mass is 32.1. The van der Waals surface area contributed by atoms with Gasteiger partial charge in [0.2, 0.25) is 5.78 Å². The predicted octanol–water partition coefficient (Wildman–Crippen LogP) is 3.78. The largest absolute Gasteiger partial charge is 0.378 e. The Bertz CT molecular complexity index is 1010. The average molecular weight is 442 g/mol. The number of carbonyl (C=O) groups excluding carboxylic acids is 1. The van der Waals surface area contributed by atoms with Crippen molar-refractivity contribution in [2.45, 2.75) is 0 Å². The lowest BCUT2D eigenvalue weighted by molar-refractivity contribution is 0.104. The van der Waals surface area contributed by atoms with E-state index in [0.717, 1.165) is 52.3 Å². The maximum absolute atomic E-state index is 13.3. The van der Waals surface area contributed by atoms with Gasteiger partial charge >= 0.3 is 0 Å². The smallest absolute Gasteiger partial charge is 0.214 e. The number of carbonyl (C=O) groups is 1. The molecule has 0 spiro atoms. The normalized spacial score (nSPS) is 17.3. The number of aromatic nitrogens is 1. The molecule has 0 amide bonds. The van der Waals surface area contributed by atoms with Gasteiger partial charge in [0.25, 0.3) is 0 Å². The average Bonchev–Trinajstić information content (AvgIpc) is 3.49. The molecule has 5 rings (SSSR count). The van der Waals surface area contributed by atoms with Crippen LogP contribution in [0.15, 0.2) is 42.6 Å². The van der Waals surface area contributed by atoms with Crippen LogP contribution in [0.4, 0.5) is 10.1 Å². The number of hydrogen-bond acceptors (Lipinski definition) is 8. The van der Waals surface area contributed by atoms with Crippen LogP contribution in [0.5, 0.6) is 0 Å². The molecule has 2 aliphatic rings. The number of thiophene rings is 1. The molecule has 2 saturated heterocycles. The van der Waals surface area contributed by atoms with Crippen molar-refractivity contribution in [3.63, 3.8) is 0 Å². The van der Waals surface area contributed by atoms with Crippen molar-refractivity contribution in [3.05, 3.63) is 52.3 Å². The fourth-order valence-electron chi connectivity index (χ4n) is 3.71. The Labute approximate surface area is 183 Å². The molecule has 156 valence electrons. The van der Waals surface area contributed by atoms with E-state index >= 15 is 0 Å². The van der Waals surface area contributed by atoms with Crippen molar-refractivity contribution >= 4 is 38.6 Å². The summed E-state index contributed by atoms with van der Waals surface area (Å²) in [7, 11) is 0. The number of morpholine rings is 2. The zero-order valence-corrected chi connectivity index (χ0v) is 18.2. The number of rotatable bonds is 5. The van der Waals surface area contributed by atoms with E-state index in [9.17, 15) is 4.79 Å². The monoisotopic (exact) mass is 441 g/mol. The van der Waals surface area contributed by atoms with Crippen LogP contribution < -0.4 is 9.80 Å². The van der Waals surface area contributed by atoms with Gasteiger partial charge in [-0.2, -0.15) is 0 Å². The SMILES string of the molecule is O=C(c1cnc(N2CCOCC2)s1)c1cc(-c2ccccc2)c(N2CCOCC2)s1. The minimum absolute atomic E-state index is 0.0497. The molecule has 0 unspecified atom stereocenters. The van der Waals surface area contributed by atoms with Gasteiger partial charge in [-0.1, -0.05) is 41.7 Å². The van der Waals surface area contributed by atoms with E-state index in [1.54, 1.807) is 17.5 Å². The molecule has 30 heavy (non-hydrogen) atoms. The van der Waals surface area contributed by atoms with Crippen molar-refractivity contribution in [1.82, 2.24) is 4.98 Å². The van der Waals surface area contributed by atoms with E-state index in [1.165, 1.54) is 11.3 Å². The Morgan fingerprint density at radius 2 is 1.53 bits per heavy atom. The third-order valence-electron chi connectivity index (χ3n) is 5.32. The van der Waals surface area contributed by atoms with Gasteiger partial charge in [0.15, 0.2) is 5.13 Å². The summed E-state index contributed by atoms with van der Waals surface area (Å²) >= 11 is 3.05. The van der Waals surface area contributed by atoms with Crippen LogP contribution in [0.2, 0.25) is 0 Å². The van der Waals surface area contributed by atoms with Gasteiger partial charge in [0.05, 0.1) is 47.4 Å². The summed E-state index contributed by atoms with van der Waals surface area (Å²) in [5.41, 5.74) is 2.25. The van der Waals surface area contributed by atoms with Crippen molar-refractivity contribution < 1.29 is 14.3 Å². The lowest BCUT2D eigenvalue weighted by Crippen LogP contribution is -2.36. The van der Waals surface area contributed by atoms with Gasteiger partial charge in [-0.25, -0.2) is 4.98 Å². The van der Waals surface area contributed by atoms with Crippen molar-refractivity contribution in [2.75, 3.05) is 62.4 Å². The van der Waals surface area contributed by atoms with Crippen molar-refractivity contribution in [2.24, 2.45) is 0 Å². The minimum atomic E-state index is 0.0497. The molecule has 2 fully saturated rings. The standard InChI is InChI=1S/C22H23N3O3S2/c26-20(19-15-23-22(30-19)25-8-12-28-13-9-25)18-14-17(16-4-2-1-3-5-16)21(29-18)24-6-10-27-11-7-24/h1-5,14-15H,6-13H2. The van der Waals surface area contributed by atoms with Crippen LogP contribution in [0.3, 0.4) is 0 Å². The maximum Gasteiger partial charge on any atom is 0.214 e. The highest BCUT2D eigenvalue weighted by Gasteiger charge is 2.24. The Balaban J connectivity index is 1.46. The molecule has 0 aliphatic carbocycles. The zero-order chi connectivity index (χ0) is 20.3. The zero-order valence-electron chi connectivity index (χ0n) is 16.6. The molecular formula is C22H23N3O3S2. The molecule has 3 aromatic rings. The quantitative estimate of drug-likeness (QED) is 0.562. The van der Waals surface area contributed by atoms with Crippen LogP contribution in [-0.2, 0) is 9.47 Å². The number of nitrogens with zero attached hydrogens (tertiary/aromatic N) is 3. The number of hydrogen-bond donors (Lipinski definition) is 0. The van der Waals surface area contributed by atoms with E-state index < -0.39 is 0 Å². The molecule has 2 aromatic heterocycles. The van der Waals surface area contributed by atoms with E-state index in [-0.39, 0.29) is 5.78 Å². The van der Waals surface area contributed by atoms with Crippen LogP contribution >= 0.6 is 22.7 Å². The van der Waals surface area contributed by atoms with Crippen LogP contribution in [-0.4, -0.2) is 63.4 Å². The van der Waals surface area contributed by atoms with Crippen molar-refractivity contribution in [1.29, 1.82) is 0 Å². The summed E-state index contributed by atoms with van der Waals surface area (Å²) in [4.78, 5) is 23.8. The van der Waals surface area contributed by atoms with Gasteiger partial charge < -0.3 is 19.3 Å². The molecule has 0 bridgehead atoms. The molecule has 4 heterocycles. The van der Waals surface area contributed by atoms with Gasteiger partial charge in [-0.15, -0.1) is 11.3 Å². The molecule has 8 heteroatoms. The Morgan fingerprint density at radius 3 is 2.23 bits per heavy atom. The van der Waals surface area contributed by atoms with Crippen LogP contribution in [0, 0.1) is 0 Å². The van der Waals surface area contributed by atoms with E-state index in [2.05, 4.69) is 26.9 Å². The number of anilines is 2. The number of thiazole rings is 1. The van der Waals surface area contributed by atoms with Crippen LogP contribution in [0.25, 0.3) is 11.1 Å². The first-order valence-electron chi connectivity index (χ1n) is 10.1. The summed E-state index contributed by atoms with van der Waals surface area (Å²) in [6, 6.07) is 12.3. The lowest BCUT2D eigenvalue weighted by atomic mass is 10.1. The third-order valence-corrected chi connectivity index (χ3v) is 7.57. The Kier molecular flexibility index (Phi) is 5.81. The first-order chi connectivity index (χ1) is 14.8. The molecule has 0 radical (unpaired) electrons. The second-order valence-electron chi connectivity index (χ2n) is 7.23. The first-order valence-corrected chi connectivity index (χ1v) is 11.8.